The molecule has 6 heteroatoms. The summed E-state index contributed by atoms with van der Waals surface area (Å²) in [6, 6.07) is 17.5. The minimum atomic E-state index is -0.448. The zero-order valence-corrected chi connectivity index (χ0v) is 15.6. The van der Waals surface area contributed by atoms with Crippen molar-refractivity contribution < 1.29 is 9.21 Å². The predicted octanol–water partition coefficient (Wildman–Crippen LogP) is 3.28. The standard InChI is InChI=1S/C22H21N3O3/c1-15(11-12-16-7-3-2-4-8-16)24-20(26)14-25-21-17-9-5-6-10-19(17)28-22(27)18(21)13-23-25/h2-10,13,15H,11-12,14H2,1H3,(H,24,26). The van der Waals surface area contributed by atoms with Crippen molar-refractivity contribution in [3.8, 4) is 0 Å². The number of aromatic nitrogens is 2. The van der Waals surface area contributed by atoms with Crippen molar-refractivity contribution in [2.75, 3.05) is 0 Å². The number of hydrogen-bond acceptors (Lipinski definition) is 4. The van der Waals surface area contributed by atoms with Gasteiger partial charge >= 0.3 is 5.63 Å². The van der Waals surface area contributed by atoms with E-state index in [9.17, 15) is 9.59 Å². The summed E-state index contributed by atoms with van der Waals surface area (Å²) in [4.78, 5) is 24.7. The molecule has 1 N–H and O–H groups in total. The SMILES string of the molecule is CC(CCc1ccccc1)NC(=O)Cn1ncc2c(=O)oc3ccccc3c21. The molecule has 0 spiro atoms. The average Bonchev–Trinajstić information content (AvgIpc) is 3.12. The van der Waals surface area contributed by atoms with E-state index in [-0.39, 0.29) is 18.5 Å². The Hall–Kier alpha value is -3.41. The normalized spacial score (nSPS) is 12.3. The van der Waals surface area contributed by atoms with Crippen molar-refractivity contribution in [1.29, 1.82) is 0 Å². The van der Waals surface area contributed by atoms with E-state index < -0.39 is 5.63 Å². The van der Waals surface area contributed by atoms with E-state index in [1.807, 2.05) is 37.3 Å². The van der Waals surface area contributed by atoms with Crippen molar-refractivity contribution >= 4 is 27.8 Å². The first-order chi connectivity index (χ1) is 13.6. The van der Waals surface area contributed by atoms with E-state index in [1.165, 1.54) is 11.8 Å². The molecule has 6 nitrogen and oxygen atoms in total. The van der Waals surface area contributed by atoms with Crippen LogP contribution in [0.3, 0.4) is 0 Å². The molecule has 0 saturated carbocycles. The van der Waals surface area contributed by atoms with Crippen molar-refractivity contribution in [2.45, 2.75) is 32.4 Å². The summed E-state index contributed by atoms with van der Waals surface area (Å²) in [5.74, 6) is -0.136. The third-order valence-corrected chi connectivity index (χ3v) is 4.81. The van der Waals surface area contributed by atoms with Gasteiger partial charge in [-0.25, -0.2) is 4.79 Å². The molecule has 2 aromatic carbocycles. The number of nitrogens with one attached hydrogen (secondary N) is 1. The van der Waals surface area contributed by atoms with Gasteiger partial charge in [0.2, 0.25) is 5.91 Å². The van der Waals surface area contributed by atoms with E-state index in [0.717, 1.165) is 18.2 Å². The summed E-state index contributed by atoms with van der Waals surface area (Å²) in [5, 5.41) is 8.40. The summed E-state index contributed by atoms with van der Waals surface area (Å²) in [6.45, 7) is 2.04. The zero-order valence-electron chi connectivity index (χ0n) is 15.6. The lowest BCUT2D eigenvalue weighted by Gasteiger charge is -2.14. The Kier molecular flexibility index (Phi) is 4.93. The first-order valence-electron chi connectivity index (χ1n) is 9.32. The van der Waals surface area contributed by atoms with Crippen LogP contribution in [0.25, 0.3) is 21.9 Å². The number of fused-ring (bicyclic) bond motifs is 3. The van der Waals surface area contributed by atoms with Gasteiger partial charge in [0.15, 0.2) is 0 Å². The number of para-hydroxylation sites is 1. The van der Waals surface area contributed by atoms with Crippen molar-refractivity contribution in [1.82, 2.24) is 15.1 Å². The molecule has 4 aromatic rings. The number of rotatable bonds is 6. The van der Waals surface area contributed by atoms with Crippen LogP contribution in [0.1, 0.15) is 18.9 Å². The topological polar surface area (TPSA) is 77.1 Å². The Balaban J connectivity index is 1.49. The number of carbonyl (C=O) groups excluding carboxylic acids is 1. The highest BCUT2D eigenvalue weighted by molar-refractivity contribution is 6.02. The molecule has 1 atom stereocenters. The lowest BCUT2D eigenvalue weighted by molar-refractivity contribution is -0.122. The van der Waals surface area contributed by atoms with E-state index in [0.29, 0.717) is 16.5 Å². The number of aryl methyl sites for hydroxylation is 1. The molecule has 0 aliphatic heterocycles. The van der Waals surface area contributed by atoms with Crippen LogP contribution in [0.15, 0.2) is 70.0 Å². The van der Waals surface area contributed by atoms with Gasteiger partial charge in [-0.2, -0.15) is 5.10 Å². The summed E-state index contributed by atoms with van der Waals surface area (Å²) < 4.78 is 6.89. The number of nitrogens with zero attached hydrogens (tertiary/aromatic N) is 2. The summed E-state index contributed by atoms with van der Waals surface area (Å²) >= 11 is 0. The minimum Gasteiger partial charge on any atom is -0.422 e. The van der Waals surface area contributed by atoms with Crippen LogP contribution in [-0.4, -0.2) is 21.7 Å². The number of carbonyl (C=O) groups is 1. The number of hydrogen-bond donors (Lipinski definition) is 1. The molecule has 1 amide bonds. The molecule has 0 fully saturated rings. The van der Waals surface area contributed by atoms with Gasteiger partial charge < -0.3 is 9.73 Å². The summed E-state index contributed by atoms with van der Waals surface area (Å²) in [7, 11) is 0. The van der Waals surface area contributed by atoms with Crippen molar-refractivity contribution in [3.63, 3.8) is 0 Å². The average molecular weight is 375 g/mol. The molecule has 4 rings (SSSR count). The zero-order chi connectivity index (χ0) is 19.5. The fourth-order valence-electron chi connectivity index (χ4n) is 3.40. The molecule has 28 heavy (non-hydrogen) atoms. The highest BCUT2D eigenvalue weighted by Crippen LogP contribution is 2.22. The van der Waals surface area contributed by atoms with E-state index in [4.69, 9.17) is 4.42 Å². The van der Waals surface area contributed by atoms with Crippen LogP contribution in [0, 0.1) is 0 Å². The van der Waals surface area contributed by atoms with E-state index >= 15 is 0 Å². The molecule has 0 aliphatic carbocycles. The molecular formula is C22H21N3O3. The van der Waals surface area contributed by atoms with Gasteiger partial charge in [-0.3, -0.25) is 9.48 Å². The quantitative estimate of drug-likeness (QED) is 0.525. The van der Waals surface area contributed by atoms with Crippen LogP contribution >= 0.6 is 0 Å². The fourth-order valence-corrected chi connectivity index (χ4v) is 3.40. The Morgan fingerprint density at radius 3 is 2.68 bits per heavy atom. The van der Waals surface area contributed by atoms with Gasteiger partial charge in [-0.05, 0) is 37.5 Å². The Morgan fingerprint density at radius 1 is 1.11 bits per heavy atom. The Bertz CT molecular complexity index is 1180. The second-order valence-electron chi connectivity index (χ2n) is 6.94. The molecular weight excluding hydrogens is 354 g/mol. The molecule has 0 saturated heterocycles. The van der Waals surface area contributed by atoms with Crippen LogP contribution in [-0.2, 0) is 17.8 Å². The maximum Gasteiger partial charge on any atom is 0.347 e. The lowest BCUT2D eigenvalue weighted by Crippen LogP contribution is -2.35. The Morgan fingerprint density at radius 2 is 1.86 bits per heavy atom. The predicted molar refractivity (Wildman–Crippen MR) is 108 cm³/mol. The van der Waals surface area contributed by atoms with E-state index in [2.05, 4.69) is 22.5 Å². The number of amides is 1. The molecule has 2 heterocycles. The van der Waals surface area contributed by atoms with Crippen LogP contribution in [0.2, 0.25) is 0 Å². The third-order valence-electron chi connectivity index (χ3n) is 4.81. The van der Waals surface area contributed by atoms with E-state index in [1.54, 1.807) is 16.8 Å². The van der Waals surface area contributed by atoms with Crippen molar-refractivity contribution in [2.24, 2.45) is 0 Å². The summed E-state index contributed by atoms with van der Waals surface area (Å²) in [5.41, 5.74) is 1.91. The summed E-state index contributed by atoms with van der Waals surface area (Å²) in [6.07, 6.45) is 3.21. The van der Waals surface area contributed by atoms with Crippen LogP contribution < -0.4 is 10.9 Å². The van der Waals surface area contributed by atoms with Gasteiger partial charge in [0.25, 0.3) is 0 Å². The first-order valence-corrected chi connectivity index (χ1v) is 9.32. The molecule has 2 aromatic heterocycles. The molecule has 0 radical (unpaired) electrons. The third kappa shape index (κ3) is 3.67. The molecule has 142 valence electrons. The highest BCUT2D eigenvalue weighted by Gasteiger charge is 2.15. The second-order valence-corrected chi connectivity index (χ2v) is 6.94. The highest BCUT2D eigenvalue weighted by atomic mass is 16.4. The van der Waals surface area contributed by atoms with Gasteiger partial charge in [0, 0.05) is 11.4 Å². The molecule has 0 bridgehead atoms. The van der Waals surface area contributed by atoms with Gasteiger partial charge in [0.1, 0.15) is 17.5 Å². The van der Waals surface area contributed by atoms with Crippen LogP contribution in [0.5, 0.6) is 0 Å². The minimum absolute atomic E-state index is 0.0383. The number of benzene rings is 2. The monoisotopic (exact) mass is 375 g/mol. The lowest BCUT2D eigenvalue weighted by atomic mass is 10.1. The maximum atomic E-state index is 12.5. The van der Waals surface area contributed by atoms with Crippen LogP contribution in [0.4, 0.5) is 0 Å². The van der Waals surface area contributed by atoms with Gasteiger partial charge in [0.05, 0.1) is 11.7 Å². The molecule has 0 aliphatic rings. The van der Waals surface area contributed by atoms with Gasteiger partial charge in [-0.15, -0.1) is 0 Å². The second kappa shape index (κ2) is 7.68. The van der Waals surface area contributed by atoms with Crippen molar-refractivity contribution in [3.05, 3.63) is 76.8 Å². The fraction of sp³-hybridized carbons (Fsp3) is 0.227. The largest absolute Gasteiger partial charge is 0.422 e. The first kappa shape index (κ1) is 18.0. The Labute approximate surface area is 161 Å². The van der Waals surface area contributed by atoms with Gasteiger partial charge in [-0.1, -0.05) is 42.5 Å². The smallest absolute Gasteiger partial charge is 0.347 e. The molecule has 1 unspecified atom stereocenters. The maximum absolute atomic E-state index is 12.5.